The lowest BCUT2D eigenvalue weighted by Crippen LogP contribution is -2.34. The Balaban J connectivity index is 2.46. The van der Waals surface area contributed by atoms with Gasteiger partial charge >= 0.3 is 0 Å². The SMILES string of the molecule is CNS(=O)(=O)c1cc(N)ccc1N1CCSCC1. The summed E-state index contributed by atoms with van der Waals surface area (Å²) in [4.78, 5) is 2.36. The smallest absolute Gasteiger partial charge is 0.242 e. The van der Waals surface area contributed by atoms with Crippen molar-refractivity contribution >= 4 is 33.2 Å². The van der Waals surface area contributed by atoms with Gasteiger partial charge in [-0.25, -0.2) is 13.1 Å². The van der Waals surface area contributed by atoms with Crippen LogP contribution in [0.2, 0.25) is 0 Å². The summed E-state index contributed by atoms with van der Waals surface area (Å²) in [6.45, 7) is 1.72. The molecule has 1 saturated heterocycles. The second kappa shape index (κ2) is 5.38. The number of anilines is 2. The fourth-order valence-corrected chi connectivity index (χ4v) is 3.81. The third-order valence-corrected chi connectivity index (χ3v) is 5.28. The van der Waals surface area contributed by atoms with E-state index < -0.39 is 10.0 Å². The van der Waals surface area contributed by atoms with Crippen molar-refractivity contribution in [1.29, 1.82) is 0 Å². The van der Waals surface area contributed by atoms with Crippen molar-refractivity contribution in [2.45, 2.75) is 4.90 Å². The summed E-state index contributed by atoms with van der Waals surface area (Å²) in [5.41, 5.74) is 6.89. The van der Waals surface area contributed by atoms with Crippen molar-refractivity contribution in [3.8, 4) is 0 Å². The predicted molar refractivity (Wildman–Crippen MR) is 76.6 cm³/mol. The Hall–Kier alpha value is -0.920. The van der Waals surface area contributed by atoms with E-state index in [4.69, 9.17) is 5.73 Å². The average molecular weight is 287 g/mol. The van der Waals surface area contributed by atoms with Crippen LogP contribution < -0.4 is 15.4 Å². The molecule has 0 aliphatic carbocycles. The number of rotatable bonds is 3. The van der Waals surface area contributed by atoms with Crippen LogP contribution in [0.3, 0.4) is 0 Å². The first-order chi connectivity index (χ1) is 8.54. The highest BCUT2D eigenvalue weighted by Gasteiger charge is 2.22. The summed E-state index contributed by atoms with van der Waals surface area (Å²) in [6, 6.07) is 5.05. The van der Waals surface area contributed by atoms with E-state index in [1.54, 1.807) is 12.1 Å². The lowest BCUT2D eigenvalue weighted by molar-refractivity contribution is 0.588. The Labute approximate surface area is 112 Å². The molecule has 0 aromatic heterocycles. The highest BCUT2D eigenvalue weighted by Crippen LogP contribution is 2.29. The van der Waals surface area contributed by atoms with Gasteiger partial charge in [-0.3, -0.25) is 0 Å². The van der Waals surface area contributed by atoms with E-state index in [1.807, 2.05) is 11.8 Å². The van der Waals surface area contributed by atoms with Crippen LogP contribution in [0.15, 0.2) is 23.1 Å². The van der Waals surface area contributed by atoms with Crippen LogP contribution in [0.5, 0.6) is 0 Å². The Kier molecular flexibility index (Phi) is 4.04. The van der Waals surface area contributed by atoms with Crippen LogP contribution in [-0.4, -0.2) is 40.1 Å². The van der Waals surface area contributed by atoms with Gasteiger partial charge in [-0.1, -0.05) is 0 Å². The summed E-state index contributed by atoms with van der Waals surface area (Å²) in [6.07, 6.45) is 0. The molecule has 1 fully saturated rings. The highest BCUT2D eigenvalue weighted by molar-refractivity contribution is 7.99. The van der Waals surface area contributed by atoms with E-state index in [0.717, 1.165) is 30.3 Å². The monoisotopic (exact) mass is 287 g/mol. The van der Waals surface area contributed by atoms with E-state index >= 15 is 0 Å². The zero-order valence-electron chi connectivity index (χ0n) is 10.2. The van der Waals surface area contributed by atoms with Crippen LogP contribution >= 0.6 is 11.8 Å². The number of sulfonamides is 1. The number of nitrogen functional groups attached to an aromatic ring is 1. The van der Waals surface area contributed by atoms with Crippen molar-refractivity contribution in [3.63, 3.8) is 0 Å². The molecule has 0 spiro atoms. The minimum atomic E-state index is -3.48. The van der Waals surface area contributed by atoms with Gasteiger partial charge < -0.3 is 10.6 Å². The molecule has 0 atom stereocenters. The standard InChI is InChI=1S/C11H17N3O2S2/c1-13-18(15,16)11-8-9(12)2-3-10(11)14-4-6-17-7-5-14/h2-3,8,13H,4-7,12H2,1H3. The number of hydrogen-bond donors (Lipinski definition) is 2. The second-order valence-corrected chi connectivity index (χ2v) is 7.11. The molecule has 1 aromatic rings. The van der Waals surface area contributed by atoms with Gasteiger partial charge in [0.15, 0.2) is 0 Å². The van der Waals surface area contributed by atoms with Gasteiger partial charge in [0.25, 0.3) is 0 Å². The van der Waals surface area contributed by atoms with Crippen molar-refractivity contribution < 1.29 is 8.42 Å². The Morgan fingerprint density at radius 1 is 1.33 bits per heavy atom. The van der Waals surface area contributed by atoms with Crippen molar-refractivity contribution in [2.75, 3.05) is 42.3 Å². The van der Waals surface area contributed by atoms with Crippen LogP contribution in [-0.2, 0) is 10.0 Å². The Bertz CT molecular complexity index is 525. The molecule has 7 heteroatoms. The van der Waals surface area contributed by atoms with Gasteiger partial charge in [0, 0.05) is 30.3 Å². The molecule has 2 rings (SSSR count). The normalized spacial score (nSPS) is 16.8. The number of thioether (sulfide) groups is 1. The van der Waals surface area contributed by atoms with E-state index in [9.17, 15) is 8.42 Å². The molecule has 5 nitrogen and oxygen atoms in total. The predicted octanol–water partition coefficient (Wildman–Crippen LogP) is 0.730. The molecule has 100 valence electrons. The number of nitrogens with zero attached hydrogens (tertiary/aromatic N) is 1. The second-order valence-electron chi connectivity index (χ2n) is 4.03. The summed E-state index contributed by atoms with van der Waals surface area (Å²) < 4.78 is 26.4. The highest BCUT2D eigenvalue weighted by atomic mass is 32.2. The van der Waals surface area contributed by atoms with Gasteiger partial charge in [0.1, 0.15) is 4.90 Å². The molecule has 0 radical (unpaired) electrons. The van der Waals surface area contributed by atoms with Crippen LogP contribution in [0.4, 0.5) is 11.4 Å². The van der Waals surface area contributed by atoms with E-state index in [0.29, 0.717) is 5.69 Å². The van der Waals surface area contributed by atoms with E-state index in [1.165, 1.54) is 13.1 Å². The van der Waals surface area contributed by atoms with Gasteiger partial charge in [-0.05, 0) is 25.2 Å². The molecule has 1 heterocycles. The molecule has 18 heavy (non-hydrogen) atoms. The van der Waals surface area contributed by atoms with Crippen LogP contribution in [0, 0.1) is 0 Å². The number of nitrogens with two attached hydrogens (primary N) is 1. The fourth-order valence-electron chi connectivity index (χ4n) is 1.92. The van der Waals surface area contributed by atoms with Gasteiger partial charge in [0.2, 0.25) is 10.0 Å². The largest absolute Gasteiger partial charge is 0.399 e. The summed E-state index contributed by atoms with van der Waals surface area (Å²) in [5.74, 6) is 2.03. The molecular formula is C11H17N3O2S2. The summed E-state index contributed by atoms with van der Waals surface area (Å²) >= 11 is 1.88. The Morgan fingerprint density at radius 2 is 2.00 bits per heavy atom. The van der Waals surface area contributed by atoms with E-state index in [2.05, 4.69) is 9.62 Å². The summed E-state index contributed by atoms with van der Waals surface area (Å²) in [5, 5.41) is 0. The topological polar surface area (TPSA) is 75.4 Å². The van der Waals surface area contributed by atoms with E-state index in [-0.39, 0.29) is 4.90 Å². The van der Waals surface area contributed by atoms with Gasteiger partial charge in [-0.2, -0.15) is 11.8 Å². The zero-order chi connectivity index (χ0) is 13.2. The average Bonchev–Trinajstić information content (AvgIpc) is 2.39. The summed E-state index contributed by atoms with van der Waals surface area (Å²) in [7, 11) is -2.07. The fraction of sp³-hybridized carbons (Fsp3) is 0.455. The minimum absolute atomic E-state index is 0.261. The molecule has 0 saturated carbocycles. The molecule has 1 aliphatic heterocycles. The number of nitrogens with one attached hydrogen (secondary N) is 1. The van der Waals surface area contributed by atoms with Crippen molar-refractivity contribution in [3.05, 3.63) is 18.2 Å². The van der Waals surface area contributed by atoms with Gasteiger partial charge in [0.05, 0.1) is 5.69 Å². The zero-order valence-corrected chi connectivity index (χ0v) is 11.9. The molecular weight excluding hydrogens is 270 g/mol. The first-order valence-electron chi connectivity index (χ1n) is 5.70. The van der Waals surface area contributed by atoms with Crippen molar-refractivity contribution in [2.24, 2.45) is 0 Å². The number of benzene rings is 1. The minimum Gasteiger partial charge on any atom is -0.399 e. The Morgan fingerprint density at radius 3 is 2.61 bits per heavy atom. The molecule has 3 N–H and O–H groups in total. The lowest BCUT2D eigenvalue weighted by Gasteiger charge is -2.30. The maximum atomic E-state index is 12.0. The third-order valence-electron chi connectivity index (χ3n) is 2.89. The lowest BCUT2D eigenvalue weighted by atomic mass is 10.2. The maximum absolute atomic E-state index is 12.0. The first-order valence-corrected chi connectivity index (χ1v) is 8.34. The maximum Gasteiger partial charge on any atom is 0.242 e. The van der Waals surface area contributed by atoms with Gasteiger partial charge in [-0.15, -0.1) is 0 Å². The molecule has 0 unspecified atom stereocenters. The van der Waals surface area contributed by atoms with Crippen molar-refractivity contribution in [1.82, 2.24) is 4.72 Å². The number of hydrogen-bond acceptors (Lipinski definition) is 5. The first kappa shape index (κ1) is 13.5. The van der Waals surface area contributed by atoms with Crippen LogP contribution in [0.25, 0.3) is 0 Å². The quantitative estimate of drug-likeness (QED) is 0.802. The van der Waals surface area contributed by atoms with Crippen LogP contribution in [0.1, 0.15) is 0 Å². The third kappa shape index (κ3) is 2.73. The molecule has 1 aromatic carbocycles. The molecule has 0 bridgehead atoms. The molecule has 0 amide bonds. The molecule has 1 aliphatic rings.